The lowest BCUT2D eigenvalue weighted by atomic mass is 9.85. The Morgan fingerprint density at radius 2 is 1.76 bits per heavy atom. The van der Waals surface area contributed by atoms with Crippen LogP contribution in [-0.4, -0.2) is 23.9 Å². The standard InChI is InChI=1S/C29H33ClN2OS/c1-20(33)31-29-27(24-12-6-8-14-26(24)34-29)28(23-11-5-7-13-25(23)30)32-17-15-22(16-18-32)19-21-9-3-2-4-10-21/h2-5,7,9-11,13,22,28H,6,8,12,14-19H2,1H3,(H,31,33). The monoisotopic (exact) mass is 492 g/mol. The molecule has 2 aliphatic rings. The molecule has 34 heavy (non-hydrogen) atoms. The topological polar surface area (TPSA) is 32.3 Å². The summed E-state index contributed by atoms with van der Waals surface area (Å²) in [5, 5.41) is 5.02. The molecule has 0 spiro atoms. The maximum atomic E-state index is 12.2. The van der Waals surface area contributed by atoms with Gasteiger partial charge in [0.15, 0.2) is 0 Å². The van der Waals surface area contributed by atoms with Crippen molar-refractivity contribution in [2.24, 2.45) is 5.92 Å². The second-order valence-corrected chi connectivity index (χ2v) is 11.2. The summed E-state index contributed by atoms with van der Waals surface area (Å²) in [6.45, 7) is 3.69. The van der Waals surface area contributed by atoms with Gasteiger partial charge in [-0.15, -0.1) is 11.3 Å². The molecule has 0 saturated carbocycles. The van der Waals surface area contributed by atoms with Crippen LogP contribution in [0.2, 0.25) is 5.02 Å². The zero-order valence-electron chi connectivity index (χ0n) is 19.9. The van der Waals surface area contributed by atoms with E-state index in [1.54, 1.807) is 18.3 Å². The number of piperidine rings is 1. The van der Waals surface area contributed by atoms with E-state index in [9.17, 15) is 4.79 Å². The van der Waals surface area contributed by atoms with E-state index in [1.165, 1.54) is 47.3 Å². The average Bonchev–Trinajstić information content (AvgIpc) is 3.19. The van der Waals surface area contributed by atoms with Crippen LogP contribution in [0.5, 0.6) is 0 Å². The van der Waals surface area contributed by atoms with Crippen LogP contribution >= 0.6 is 22.9 Å². The quantitative estimate of drug-likeness (QED) is 0.392. The van der Waals surface area contributed by atoms with E-state index < -0.39 is 0 Å². The zero-order chi connectivity index (χ0) is 23.5. The van der Waals surface area contributed by atoms with Gasteiger partial charge in [-0.25, -0.2) is 0 Å². The van der Waals surface area contributed by atoms with Gasteiger partial charge in [0.1, 0.15) is 5.00 Å². The molecule has 1 aliphatic carbocycles. The minimum absolute atomic E-state index is 0.000625. The summed E-state index contributed by atoms with van der Waals surface area (Å²) in [6.07, 6.45) is 8.15. The van der Waals surface area contributed by atoms with E-state index in [2.05, 4.69) is 52.7 Å². The molecule has 178 valence electrons. The summed E-state index contributed by atoms with van der Waals surface area (Å²) in [5.41, 5.74) is 5.34. The van der Waals surface area contributed by atoms with E-state index in [0.717, 1.165) is 47.9 Å². The first-order valence-corrected chi connectivity index (χ1v) is 13.7. The predicted molar refractivity (Wildman–Crippen MR) is 143 cm³/mol. The number of likely N-dealkylation sites (tertiary alicyclic amines) is 1. The molecule has 1 saturated heterocycles. The Morgan fingerprint density at radius 3 is 2.50 bits per heavy atom. The summed E-state index contributed by atoms with van der Waals surface area (Å²) in [4.78, 5) is 16.2. The molecule has 3 nitrogen and oxygen atoms in total. The molecular weight excluding hydrogens is 460 g/mol. The van der Waals surface area contributed by atoms with Crippen molar-refractivity contribution in [3.05, 3.63) is 86.8 Å². The minimum Gasteiger partial charge on any atom is -0.318 e. The van der Waals surface area contributed by atoms with Crippen LogP contribution in [0.25, 0.3) is 0 Å². The fourth-order valence-electron chi connectivity index (χ4n) is 5.73. The number of carbonyl (C=O) groups is 1. The van der Waals surface area contributed by atoms with Crippen molar-refractivity contribution < 1.29 is 4.79 Å². The first-order chi connectivity index (χ1) is 16.6. The van der Waals surface area contributed by atoms with Gasteiger partial charge in [-0.2, -0.15) is 0 Å². The Kier molecular flexibility index (Phi) is 7.38. The molecule has 1 aliphatic heterocycles. The number of benzene rings is 2. The molecule has 5 rings (SSSR count). The highest BCUT2D eigenvalue weighted by molar-refractivity contribution is 7.16. The lowest BCUT2D eigenvalue weighted by Gasteiger charge is -2.39. The largest absolute Gasteiger partial charge is 0.318 e. The first kappa shape index (κ1) is 23.6. The lowest BCUT2D eigenvalue weighted by molar-refractivity contribution is -0.114. The van der Waals surface area contributed by atoms with Crippen molar-refractivity contribution >= 4 is 33.8 Å². The van der Waals surface area contributed by atoms with Gasteiger partial charge < -0.3 is 5.32 Å². The van der Waals surface area contributed by atoms with Crippen molar-refractivity contribution in [2.45, 2.75) is 57.9 Å². The number of carbonyl (C=O) groups excluding carboxylic acids is 1. The van der Waals surface area contributed by atoms with Gasteiger partial charge in [0.25, 0.3) is 0 Å². The van der Waals surface area contributed by atoms with Gasteiger partial charge in [-0.05, 0) is 86.7 Å². The van der Waals surface area contributed by atoms with Crippen molar-refractivity contribution in [1.82, 2.24) is 4.90 Å². The Labute approximate surface area is 212 Å². The number of rotatable bonds is 6. The van der Waals surface area contributed by atoms with Crippen LogP contribution in [-0.2, 0) is 24.1 Å². The molecule has 1 N–H and O–H groups in total. The summed E-state index contributed by atoms with van der Waals surface area (Å²) >= 11 is 8.61. The van der Waals surface area contributed by atoms with E-state index in [1.807, 2.05) is 12.1 Å². The number of nitrogens with zero attached hydrogens (tertiary/aromatic N) is 1. The van der Waals surface area contributed by atoms with Crippen LogP contribution in [0.1, 0.15) is 65.8 Å². The smallest absolute Gasteiger partial charge is 0.221 e. The number of nitrogens with one attached hydrogen (secondary N) is 1. The van der Waals surface area contributed by atoms with E-state index in [0.29, 0.717) is 5.92 Å². The fourth-order valence-corrected chi connectivity index (χ4v) is 7.33. The van der Waals surface area contributed by atoms with E-state index >= 15 is 0 Å². The third-order valence-electron chi connectivity index (χ3n) is 7.36. The Bertz CT molecular complexity index is 1130. The van der Waals surface area contributed by atoms with Gasteiger partial charge in [0, 0.05) is 22.4 Å². The second-order valence-electron chi connectivity index (χ2n) is 9.73. The third kappa shape index (κ3) is 5.10. The molecule has 2 heterocycles. The summed E-state index contributed by atoms with van der Waals surface area (Å²) < 4.78 is 0. The van der Waals surface area contributed by atoms with E-state index in [4.69, 9.17) is 11.6 Å². The number of anilines is 1. The van der Waals surface area contributed by atoms with Crippen molar-refractivity contribution in [3.63, 3.8) is 0 Å². The average molecular weight is 493 g/mol. The molecule has 5 heteroatoms. The molecule has 1 atom stereocenters. The number of thiophene rings is 1. The normalized spacial score (nSPS) is 17.8. The van der Waals surface area contributed by atoms with Gasteiger partial charge in [0.2, 0.25) is 5.91 Å². The molecule has 3 aromatic rings. The predicted octanol–water partition coefficient (Wildman–Crippen LogP) is 7.28. The van der Waals surface area contributed by atoms with E-state index in [-0.39, 0.29) is 11.9 Å². The molecule has 2 aromatic carbocycles. The second kappa shape index (κ2) is 10.6. The summed E-state index contributed by atoms with van der Waals surface area (Å²) in [5.74, 6) is 0.705. The number of aryl methyl sites for hydroxylation is 1. The third-order valence-corrected chi connectivity index (χ3v) is 8.92. The van der Waals surface area contributed by atoms with Crippen molar-refractivity contribution in [1.29, 1.82) is 0 Å². The maximum Gasteiger partial charge on any atom is 0.221 e. The highest BCUT2D eigenvalue weighted by Gasteiger charge is 2.34. The number of amides is 1. The number of fused-ring (bicyclic) bond motifs is 1. The number of hydrogen-bond acceptors (Lipinski definition) is 3. The lowest BCUT2D eigenvalue weighted by Crippen LogP contribution is -2.38. The van der Waals surface area contributed by atoms with Crippen LogP contribution < -0.4 is 5.32 Å². The Morgan fingerprint density at radius 1 is 1.06 bits per heavy atom. The Balaban J connectivity index is 1.48. The fraction of sp³-hybridized carbons (Fsp3) is 0.414. The molecule has 1 unspecified atom stereocenters. The van der Waals surface area contributed by atoms with Crippen LogP contribution in [0.4, 0.5) is 5.00 Å². The van der Waals surface area contributed by atoms with Crippen LogP contribution in [0.15, 0.2) is 54.6 Å². The highest BCUT2D eigenvalue weighted by Crippen LogP contribution is 2.47. The zero-order valence-corrected chi connectivity index (χ0v) is 21.4. The Hall–Kier alpha value is -2.14. The molecule has 1 amide bonds. The maximum absolute atomic E-state index is 12.2. The van der Waals surface area contributed by atoms with Gasteiger partial charge in [-0.3, -0.25) is 9.69 Å². The molecule has 1 fully saturated rings. The van der Waals surface area contributed by atoms with Gasteiger partial charge in [-0.1, -0.05) is 60.1 Å². The summed E-state index contributed by atoms with van der Waals surface area (Å²) in [6, 6.07) is 19.2. The minimum atomic E-state index is -0.000625. The number of halogens is 1. The molecule has 0 bridgehead atoms. The summed E-state index contributed by atoms with van der Waals surface area (Å²) in [7, 11) is 0. The number of hydrogen-bond donors (Lipinski definition) is 1. The van der Waals surface area contributed by atoms with Crippen molar-refractivity contribution in [3.8, 4) is 0 Å². The van der Waals surface area contributed by atoms with Crippen LogP contribution in [0.3, 0.4) is 0 Å². The van der Waals surface area contributed by atoms with Crippen molar-refractivity contribution in [2.75, 3.05) is 18.4 Å². The molecule has 0 radical (unpaired) electrons. The van der Waals surface area contributed by atoms with Gasteiger partial charge >= 0.3 is 0 Å². The SMILES string of the molecule is CC(=O)Nc1sc2c(c1C(c1ccccc1Cl)N1CCC(Cc3ccccc3)CC1)CCCC2. The highest BCUT2D eigenvalue weighted by atomic mass is 35.5. The first-order valence-electron chi connectivity index (χ1n) is 12.5. The molecular formula is C29H33ClN2OS. The van der Waals surface area contributed by atoms with Crippen LogP contribution in [0, 0.1) is 5.92 Å². The molecule has 1 aromatic heterocycles. The van der Waals surface area contributed by atoms with Gasteiger partial charge in [0.05, 0.1) is 6.04 Å².